The Balaban J connectivity index is 1.44. The molecule has 1 saturated heterocycles. The number of methoxy groups -OCH3 is 1. The summed E-state index contributed by atoms with van der Waals surface area (Å²) in [5.74, 6) is 0.822. The first kappa shape index (κ1) is 23.8. The molecule has 2 aromatic rings. The third kappa shape index (κ3) is 7.10. The molecule has 0 radical (unpaired) electrons. The molecule has 1 fully saturated rings. The maximum absolute atomic E-state index is 12.8. The smallest absolute Gasteiger partial charge is 0.497 e. The zero-order chi connectivity index (χ0) is 23.6. The van der Waals surface area contributed by atoms with Gasteiger partial charge in [-0.15, -0.1) is 0 Å². The second kappa shape index (κ2) is 11.7. The van der Waals surface area contributed by atoms with Gasteiger partial charge in [0.1, 0.15) is 11.5 Å². The minimum absolute atomic E-state index is 0.0161. The Kier molecular flexibility index (Phi) is 8.46. The lowest BCUT2D eigenvalue weighted by molar-refractivity contribution is -0.117. The zero-order valence-corrected chi connectivity index (χ0v) is 18.8. The molecular weight excluding hydrogens is 424 g/mol. The van der Waals surface area contributed by atoms with Crippen molar-refractivity contribution in [1.82, 2.24) is 10.2 Å². The molecule has 2 aromatic carbocycles. The molecule has 1 aliphatic rings. The molecule has 1 aliphatic heterocycles. The molecule has 0 atom stereocenters. The van der Waals surface area contributed by atoms with Gasteiger partial charge in [0.05, 0.1) is 13.7 Å². The number of benzene rings is 2. The third-order valence-corrected chi connectivity index (χ3v) is 5.24. The van der Waals surface area contributed by atoms with E-state index in [9.17, 15) is 14.4 Å². The van der Waals surface area contributed by atoms with Gasteiger partial charge < -0.3 is 24.4 Å². The van der Waals surface area contributed by atoms with Crippen LogP contribution < -0.4 is 14.8 Å². The average molecular weight is 453 g/mol. The Hall–Kier alpha value is -3.81. The summed E-state index contributed by atoms with van der Waals surface area (Å²) in [6.45, 7) is 3.02. The number of carbonyl (C=O) groups excluding carboxylic acids is 3. The number of carbonyl (C=O) groups is 3. The summed E-state index contributed by atoms with van der Waals surface area (Å²) in [5, 5.41) is 3.00. The van der Waals surface area contributed by atoms with E-state index >= 15 is 0 Å². The van der Waals surface area contributed by atoms with E-state index in [-0.39, 0.29) is 24.5 Å². The Labute approximate surface area is 193 Å². The highest BCUT2D eigenvalue weighted by molar-refractivity contribution is 5.94. The Bertz CT molecular complexity index is 977. The number of likely N-dealkylation sites (tertiary alicyclic amines) is 1. The normalized spacial score (nSPS) is 14.1. The molecule has 2 amide bonds. The summed E-state index contributed by atoms with van der Waals surface area (Å²) in [5.41, 5.74) is 1.42. The number of ether oxygens (including phenoxy) is 3. The number of hydrogen-bond donors (Lipinski definition) is 1. The van der Waals surface area contributed by atoms with E-state index in [1.807, 2.05) is 24.3 Å². The third-order valence-electron chi connectivity index (χ3n) is 5.24. The molecule has 0 aromatic heterocycles. The number of hydrogen-bond acceptors (Lipinski definition) is 6. The lowest BCUT2D eigenvalue weighted by atomic mass is 10.0. The monoisotopic (exact) mass is 452 g/mol. The van der Waals surface area contributed by atoms with Crippen LogP contribution in [0.4, 0.5) is 4.79 Å². The van der Waals surface area contributed by atoms with Gasteiger partial charge in [0.25, 0.3) is 5.91 Å². The molecule has 0 aliphatic carbocycles. The minimum atomic E-state index is -0.778. The van der Waals surface area contributed by atoms with Crippen molar-refractivity contribution in [3.8, 4) is 11.5 Å². The van der Waals surface area contributed by atoms with Gasteiger partial charge in [0.2, 0.25) is 5.91 Å². The second-order valence-corrected chi connectivity index (χ2v) is 7.49. The SMILES string of the molecule is CCOC(=O)Oc1ccc(C(=O)N2CCC(NC(=O)/C=C/c3ccc(OC)cc3)CC2)cc1. The number of nitrogens with zero attached hydrogens (tertiary/aromatic N) is 1. The van der Waals surface area contributed by atoms with Crippen molar-refractivity contribution in [3.63, 3.8) is 0 Å². The molecule has 0 saturated carbocycles. The highest BCUT2D eigenvalue weighted by Crippen LogP contribution is 2.18. The van der Waals surface area contributed by atoms with Crippen molar-refractivity contribution in [2.45, 2.75) is 25.8 Å². The number of piperidine rings is 1. The lowest BCUT2D eigenvalue weighted by Gasteiger charge is -2.32. The van der Waals surface area contributed by atoms with Gasteiger partial charge in [-0.3, -0.25) is 9.59 Å². The molecule has 8 heteroatoms. The van der Waals surface area contributed by atoms with E-state index in [0.29, 0.717) is 37.2 Å². The van der Waals surface area contributed by atoms with Crippen LogP contribution in [0.15, 0.2) is 54.6 Å². The van der Waals surface area contributed by atoms with Crippen LogP contribution in [0.3, 0.4) is 0 Å². The average Bonchev–Trinajstić information content (AvgIpc) is 2.84. The standard InChI is InChI=1S/C25H28N2O6/c1-3-32-25(30)33-22-11-7-19(8-12-22)24(29)27-16-14-20(15-17-27)26-23(28)13-6-18-4-9-21(31-2)10-5-18/h4-13,20H,3,14-17H2,1-2H3,(H,26,28)/b13-6+. The summed E-state index contributed by atoms with van der Waals surface area (Å²) in [6, 6.07) is 13.8. The molecule has 33 heavy (non-hydrogen) atoms. The van der Waals surface area contributed by atoms with Gasteiger partial charge in [-0.05, 0) is 67.8 Å². The van der Waals surface area contributed by atoms with Gasteiger partial charge >= 0.3 is 6.16 Å². The first-order valence-corrected chi connectivity index (χ1v) is 10.8. The van der Waals surface area contributed by atoms with Crippen LogP contribution in [0, 0.1) is 0 Å². The fourth-order valence-corrected chi connectivity index (χ4v) is 3.45. The van der Waals surface area contributed by atoms with Crippen LogP contribution >= 0.6 is 0 Å². The number of nitrogens with one attached hydrogen (secondary N) is 1. The van der Waals surface area contributed by atoms with Gasteiger partial charge in [0, 0.05) is 30.8 Å². The van der Waals surface area contributed by atoms with E-state index in [0.717, 1.165) is 11.3 Å². The zero-order valence-electron chi connectivity index (χ0n) is 18.8. The molecule has 1 heterocycles. The molecule has 0 bridgehead atoms. The Morgan fingerprint density at radius 1 is 1.00 bits per heavy atom. The van der Waals surface area contributed by atoms with Gasteiger partial charge in [0.15, 0.2) is 0 Å². The van der Waals surface area contributed by atoms with Crippen molar-refractivity contribution in [1.29, 1.82) is 0 Å². The molecule has 0 unspecified atom stereocenters. The number of rotatable bonds is 7. The highest BCUT2D eigenvalue weighted by Gasteiger charge is 2.24. The van der Waals surface area contributed by atoms with E-state index in [1.54, 1.807) is 49.3 Å². The van der Waals surface area contributed by atoms with E-state index in [1.165, 1.54) is 6.08 Å². The van der Waals surface area contributed by atoms with Gasteiger partial charge in [-0.2, -0.15) is 0 Å². The Morgan fingerprint density at radius 2 is 1.64 bits per heavy atom. The lowest BCUT2D eigenvalue weighted by Crippen LogP contribution is -2.46. The molecule has 174 valence electrons. The number of amides is 2. The summed E-state index contributed by atoms with van der Waals surface area (Å²) in [4.78, 5) is 38.1. The van der Waals surface area contributed by atoms with Gasteiger partial charge in [-0.1, -0.05) is 12.1 Å². The van der Waals surface area contributed by atoms with E-state index in [4.69, 9.17) is 14.2 Å². The van der Waals surface area contributed by atoms with Crippen LogP contribution in [-0.2, 0) is 9.53 Å². The van der Waals surface area contributed by atoms with Crippen LogP contribution in [0.2, 0.25) is 0 Å². The summed E-state index contributed by atoms with van der Waals surface area (Å²) >= 11 is 0. The highest BCUT2D eigenvalue weighted by atomic mass is 16.7. The molecular formula is C25H28N2O6. The molecule has 0 spiro atoms. The van der Waals surface area contributed by atoms with Crippen LogP contribution in [0.5, 0.6) is 11.5 Å². The van der Waals surface area contributed by atoms with Crippen molar-refractivity contribution in [2.75, 3.05) is 26.8 Å². The van der Waals surface area contributed by atoms with Crippen LogP contribution in [0.1, 0.15) is 35.7 Å². The Morgan fingerprint density at radius 3 is 2.24 bits per heavy atom. The molecule has 8 nitrogen and oxygen atoms in total. The maximum Gasteiger partial charge on any atom is 0.513 e. The minimum Gasteiger partial charge on any atom is -0.497 e. The predicted octanol–water partition coefficient (Wildman–Crippen LogP) is 3.66. The topological polar surface area (TPSA) is 94.2 Å². The van der Waals surface area contributed by atoms with Crippen molar-refractivity contribution < 1.29 is 28.6 Å². The molecule has 1 N–H and O–H groups in total. The van der Waals surface area contributed by atoms with E-state index < -0.39 is 6.16 Å². The first-order chi connectivity index (χ1) is 16.0. The van der Waals surface area contributed by atoms with Crippen LogP contribution in [-0.4, -0.2) is 55.7 Å². The fraction of sp³-hybridized carbons (Fsp3) is 0.320. The van der Waals surface area contributed by atoms with E-state index in [2.05, 4.69) is 5.32 Å². The van der Waals surface area contributed by atoms with Crippen molar-refractivity contribution >= 4 is 24.0 Å². The first-order valence-electron chi connectivity index (χ1n) is 10.8. The van der Waals surface area contributed by atoms with Crippen molar-refractivity contribution in [3.05, 3.63) is 65.7 Å². The van der Waals surface area contributed by atoms with Crippen molar-refractivity contribution in [2.24, 2.45) is 0 Å². The van der Waals surface area contributed by atoms with Crippen LogP contribution in [0.25, 0.3) is 6.08 Å². The summed E-state index contributed by atoms with van der Waals surface area (Å²) in [7, 11) is 1.61. The quantitative estimate of drug-likeness (QED) is 0.391. The summed E-state index contributed by atoms with van der Waals surface area (Å²) in [6.07, 6.45) is 3.84. The maximum atomic E-state index is 12.8. The predicted molar refractivity (Wildman–Crippen MR) is 123 cm³/mol. The van der Waals surface area contributed by atoms with Gasteiger partial charge in [-0.25, -0.2) is 4.79 Å². The fourth-order valence-electron chi connectivity index (χ4n) is 3.45. The largest absolute Gasteiger partial charge is 0.513 e. The second-order valence-electron chi connectivity index (χ2n) is 7.49. The molecule has 3 rings (SSSR count). The summed E-state index contributed by atoms with van der Waals surface area (Å²) < 4.78 is 14.9.